The quantitative estimate of drug-likeness (QED) is 0.719. The van der Waals surface area contributed by atoms with Crippen LogP contribution in [0, 0.1) is 0 Å². The molecular formula is C10H15N3OS. The van der Waals surface area contributed by atoms with E-state index in [1.165, 1.54) is 0 Å². The molecule has 2 aliphatic heterocycles. The van der Waals surface area contributed by atoms with Crippen LogP contribution in [0.2, 0.25) is 0 Å². The van der Waals surface area contributed by atoms with Crippen LogP contribution in [0.5, 0.6) is 0 Å². The van der Waals surface area contributed by atoms with Gasteiger partial charge in [-0.25, -0.2) is 4.79 Å². The minimum Gasteiger partial charge on any atom is -0.385 e. The Kier molecular flexibility index (Phi) is 2.73. The molecular weight excluding hydrogens is 210 g/mol. The smallest absolute Gasteiger partial charge is 0.346 e. The molecule has 0 saturated carbocycles. The number of nitrogens with two attached hydrogens (primary N) is 1. The van der Waals surface area contributed by atoms with Gasteiger partial charge in [-0.05, 0) is 24.3 Å². The first-order chi connectivity index (χ1) is 7.20. The van der Waals surface area contributed by atoms with E-state index >= 15 is 0 Å². The molecule has 0 aliphatic carbocycles. The van der Waals surface area contributed by atoms with Crippen LogP contribution < -0.4 is 5.73 Å². The van der Waals surface area contributed by atoms with Gasteiger partial charge in [0.15, 0.2) is 0 Å². The first-order valence-corrected chi connectivity index (χ1v) is 6.21. The Hall–Kier alpha value is -0.970. The van der Waals surface area contributed by atoms with Gasteiger partial charge in [0.1, 0.15) is 11.4 Å². The largest absolute Gasteiger partial charge is 0.385 e. The SMILES string of the molecule is C=CCN1C(=O)N=C(N)C12CCSCC2. The second-order valence-corrected chi connectivity index (χ2v) is 5.05. The Labute approximate surface area is 93.6 Å². The average molecular weight is 225 g/mol. The maximum absolute atomic E-state index is 11.7. The van der Waals surface area contributed by atoms with Gasteiger partial charge < -0.3 is 10.6 Å². The molecule has 15 heavy (non-hydrogen) atoms. The molecule has 2 N–H and O–H groups in total. The summed E-state index contributed by atoms with van der Waals surface area (Å²) in [4.78, 5) is 17.3. The molecule has 82 valence electrons. The fourth-order valence-electron chi connectivity index (χ4n) is 2.21. The summed E-state index contributed by atoms with van der Waals surface area (Å²) in [7, 11) is 0. The molecule has 2 aliphatic rings. The topological polar surface area (TPSA) is 58.7 Å². The van der Waals surface area contributed by atoms with Crippen LogP contribution in [0.4, 0.5) is 4.79 Å². The number of amides is 2. The van der Waals surface area contributed by atoms with Gasteiger partial charge >= 0.3 is 6.03 Å². The Bertz CT molecular complexity index is 321. The average Bonchev–Trinajstić information content (AvgIpc) is 2.45. The first kappa shape index (κ1) is 10.5. The molecule has 0 aromatic heterocycles. The zero-order valence-corrected chi connectivity index (χ0v) is 9.42. The number of aliphatic imine (C=N–C) groups is 1. The number of rotatable bonds is 2. The van der Waals surface area contributed by atoms with E-state index in [2.05, 4.69) is 11.6 Å². The fourth-order valence-corrected chi connectivity index (χ4v) is 3.37. The lowest BCUT2D eigenvalue weighted by atomic mass is 9.90. The minimum atomic E-state index is -0.309. The minimum absolute atomic E-state index is 0.209. The number of hydrogen-bond donors (Lipinski definition) is 1. The second kappa shape index (κ2) is 3.89. The van der Waals surface area contributed by atoms with Crippen LogP contribution in [0.1, 0.15) is 12.8 Å². The molecule has 2 rings (SSSR count). The van der Waals surface area contributed by atoms with Crippen LogP contribution in [0.3, 0.4) is 0 Å². The van der Waals surface area contributed by atoms with E-state index in [0.29, 0.717) is 12.4 Å². The highest BCUT2D eigenvalue weighted by molar-refractivity contribution is 7.99. The molecule has 0 aromatic rings. The molecule has 1 saturated heterocycles. The molecule has 5 heteroatoms. The van der Waals surface area contributed by atoms with Gasteiger partial charge in [-0.1, -0.05) is 6.08 Å². The van der Waals surface area contributed by atoms with Crippen molar-refractivity contribution < 1.29 is 4.79 Å². The molecule has 0 unspecified atom stereocenters. The van der Waals surface area contributed by atoms with Crippen LogP contribution in [-0.2, 0) is 0 Å². The van der Waals surface area contributed by atoms with Crippen molar-refractivity contribution >= 4 is 23.6 Å². The Morgan fingerprint density at radius 2 is 2.27 bits per heavy atom. The zero-order chi connectivity index (χ0) is 10.9. The Morgan fingerprint density at radius 3 is 2.87 bits per heavy atom. The van der Waals surface area contributed by atoms with E-state index in [9.17, 15) is 4.79 Å². The summed E-state index contributed by atoms with van der Waals surface area (Å²) in [6.45, 7) is 4.21. The van der Waals surface area contributed by atoms with Gasteiger partial charge in [0.05, 0.1) is 0 Å². The highest BCUT2D eigenvalue weighted by Crippen LogP contribution is 2.36. The molecule has 0 aromatic carbocycles. The maximum Gasteiger partial charge on any atom is 0.346 e. The third-order valence-electron chi connectivity index (χ3n) is 3.07. The number of hydrogen-bond acceptors (Lipinski definition) is 3. The highest BCUT2D eigenvalue weighted by Gasteiger charge is 2.48. The molecule has 2 heterocycles. The van der Waals surface area contributed by atoms with Gasteiger partial charge in [-0.3, -0.25) is 0 Å². The summed E-state index contributed by atoms with van der Waals surface area (Å²) in [5.74, 6) is 2.57. The maximum atomic E-state index is 11.7. The zero-order valence-electron chi connectivity index (χ0n) is 8.61. The lowest BCUT2D eigenvalue weighted by Crippen LogP contribution is -2.56. The molecule has 1 spiro atoms. The molecule has 0 radical (unpaired) electrons. The number of carbonyl (C=O) groups is 1. The molecule has 0 atom stereocenters. The van der Waals surface area contributed by atoms with E-state index in [1.54, 1.807) is 11.0 Å². The van der Waals surface area contributed by atoms with E-state index in [4.69, 9.17) is 5.73 Å². The predicted octanol–water partition coefficient (Wildman–Crippen LogP) is 1.23. The number of amidine groups is 1. The van der Waals surface area contributed by atoms with Crippen LogP contribution in [0.25, 0.3) is 0 Å². The van der Waals surface area contributed by atoms with Crippen LogP contribution >= 0.6 is 11.8 Å². The van der Waals surface area contributed by atoms with Crippen molar-refractivity contribution in [2.45, 2.75) is 18.4 Å². The van der Waals surface area contributed by atoms with Crippen molar-refractivity contribution in [3.05, 3.63) is 12.7 Å². The first-order valence-electron chi connectivity index (χ1n) is 5.05. The van der Waals surface area contributed by atoms with Crippen LogP contribution in [-0.4, -0.2) is 40.4 Å². The van der Waals surface area contributed by atoms with Crippen molar-refractivity contribution in [1.82, 2.24) is 4.90 Å². The fraction of sp³-hybridized carbons (Fsp3) is 0.600. The summed E-state index contributed by atoms with van der Waals surface area (Å²) in [5.41, 5.74) is 5.59. The van der Waals surface area contributed by atoms with Crippen molar-refractivity contribution in [1.29, 1.82) is 0 Å². The van der Waals surface area contributed by atoms with Crippen molar-refractivity contribution in [3.63, 3.8) is 0 Å². The summed E-state index contributed by atoms with van der Waals surface area (Å²) >= 11 is 1.90. The predicted molar refractivity (Wildman–Crippen MR) is 63.2 cm³/mol. The molecule has 4 nitrogen and oxygen atoms in total. The normalized spacial score (nSPS) is 24.4. The second-order valence-electron chi connectivity index (χ2n) is 3.82. The van der Waals surface area contributed by atoms with E-state index in [0.717, 1.165) is 24.3 Å². The van der Waals surface area contributed by atoms with E-state index in [1.807, 2.05) is 11.8 Å². The number of thioether (sulfide) groups is 1. The van der Waals surface area contributed by atoms with E-state index in [-0.39, 0.29) is 11.6 Å². The lowest BCUT2D eigenvalue weighted by molar-refractivity contribution is 0.174. The molecule has 2 amide bonds. The lowest BCUT2D eigenvalue weighted by Gasteiger charge is -2.40. The molecule has 0 bridgehead atoms. The molecule has 1 fully saturated rings. The number of nitrogens with zero attached hydrogens (tertiary/aromatic N) is 2. The van der Waals surface area contributed by atoms with Gasteiger partial charge in [0.2, 0.25) is 0 Å². The summed E-state index contributed by atoms with van der Waals surface area (Å²) < 4.78 is 0. The van der Waals surface area contributed by atoms with Gasteiger partial charge in [0, 0.05) is 6.54 Å². The summed E-state index contributed by atoms with van der Waals surface area (Å²) in [5, 5.41) is 0. The Balaban J connectivity index is 2.29. The van der Waals surface area contributed by atoms with Crippen LogP contribution in [0.15, 0.2) is 17.6 Å². The third kappa shape index (κ3) is 1.55. The summed E-state index contributed by atoms with van der Waals surface area (Å²) in [6, 6.07) is -0.209. The van der Waals surface area contributed by atoms with Crippen molar-refractivity contribution in [2.24, 2.45) is 10.7 Å². The van der Waals surface area contributed by atoms with Crippen molar-refractivity contribution in [3.8, 4) is 0 Å². The van der Waals surface area contributed by atoms with E-state index < -0.39 is 0 Å². The number of urea groups is 1. The van der Waals surface area contributed by atoms with Crippen molar-refractivity contribution in [2.75, 3.05) is 18.1 Å². The standard InChI is InChI=1S/C10H15N3OS/c1-2-5-13-9(14)12-8(11)10(13)3-6-15-7-4-10/h2H,1,3-7H2,(H2,11,12,14). The summed E-state index contributed by atoms with van der Waals surface area (Å²) in [6.07, 6.45) is 3.55. The number of carbonyl (C=O) groups excluding carboxylic acids is 1. The highest BCUT2D eigenvalue weighted by atomic mass is 32.2. The monoisotopic (exact) mass is 225 g/mol. The third-order valence-corrected chi connectivity index (χ3v) is 4.06. The van der Waals surface area contributed by atoms with Gasteiger partial charge in [-0.2, -0.15) is 16.8 Å². The Morgan fingerprint density at radius 1 is 1.60 bits per heavy atom. The van der Waals surface area contributed by atoms with Gasteiger partial charge in [0.25, 0.3) is 0 Å². The van der Waals surface area contributed by atoms with Gasteiger partial charge in [-0.15, -0.1) is 6.58 Å².